The molecule has 2 rings (SSSR count). The van der Waals surface area contributed by atoms with Gasteiger partial charge in [0.05, 0.1) is 12.5 Å². The maximum Gasteiger partial charge on any atom is 0.309 e. The lowest BCUT2D eigenvalue weighted by Crippen LogP contribution is -2.25. The van der Waals surface area contributed by atoms with Gasteiger partial charge in [-0.3, -0.25) is 0 Å². The van der Waals surface area contributed by atoms with Crippen LogP contribution in [-0.4, -0.2) is 35.3 Å². The summed E-state index contributed by atoms with van der Waals surface area (Å²) in [6.45, 7) is 0. The van der Waals surface area contributed by atoms with E-state index in [4.69, 9.17) is 0 Å². The van der Waals surface area contributed by atoms with E-state index in [2.05, 4.69) is 8.37 Å². The van der Waals surface area contributed by atoms with Gasteiger partial charge in [0.1, 0.15) is 5.75 Å². The van der Waals surface area contributed by atoms with Crippen molar-refractivity contribution < 1.29 is 34.0 Å². The summed E-state index contributed by atoms with van der Waals surface area (Å²) in [7, 11) is -7.73. The Balaban J connectivity index is 2.27. The fraction of sp³-hybridized carbons (Fsp3) is 0.286. The number of halogens is 2. The van der Waals surface area contributed by atoms with Crippen LogP contribution in [0.4, 0.5) is 8.78 Å². The molecule has 0 saturated heterocycles. The average Bonchev–Trinajstić information content (AvgIpc) is 2.38. The Hall–Kier alpha value is -1.94. The predicted molar refractivity (Wildman–Crippen MR) is 83.5 cm³/mol. The van der Waals surface area contributed by atoms with Gasteiger partial charge in [-0.05, 0) is 29.3 Å². The minimum absolute atomic E-state index is 0.0565. The molecule has 0 saturated carbocycles. The smallest absolute Gasteiger partial charge is 0.309 e. The van der Waals surface area contributed by atoms with Gasteiger partial charge in [-0.25, -0.2) is 0 Å². The summed E-state index contributed by atoms with van der Waals surface area (Å²) in [6.07, 6.45) is 3.05. The summed E-state index contributed by atoms with van der Waals surface area (Å²) in [6, 6.07) is 5.53. The predicted octanol–water partition coefficient (Wildman–Crippen LogP) is 2.31. The SMILES string of the molecule is CS(=O)(=O)OC1=CC=C(c2ccc(OS(C)(=O)=O)cc2)CC1(F)F. The zero-order valence-corrected chi connectivity index (χ0v) is 14.3. The first-order chi connectivity index (χ1) is 10.9. The molecule has 0 unspecified atom stereocenters. The monoisotopic (exact) mass is 380 g/mol. The number of rotatable bonds is 5. The lowest BCUT2D eigenvalue weighted by molar-refractivity contribution is 0.0109. The van der Waals surface area contributed by atoms with E-state index in [1.54, 1.807) is 0 Å². The van der Waals surface area contributed by atoms with Crippen molar-refractivity contribution in [2.24, 2.45) is 0 Å². The summed E-state index contributed by atoms with van der Waals surface area (Å²) < 4.78 is 81.1. The lowest BCUT2D eigenvalue weighted by atomic mass is 9.94. The van der Waals surface area contributed by atoms with E-state index in [9.17, 15) is 25.6 Å². The van der Waals surface area contributed by atoms with Crippen molar-refractivity contribution in [1.29, 1.82) is 0 Å². The molecule has 0 aliphatic heterocycles. The highest BCUT2D eigenvalue weighted by molar-refractivity contribution is 7.86. The van der Waals surface area contributed by atoms with E-state index in [1.807, 2.05) is 0 Å². The van der Waals surface area contributed by atoms with Crippen molar-refractivity contribution >= 4 is 25.8 Å². The molecule has 0 bridgehead atoms. The van der Waals surface area contributed by atoms with Crippen LogP contribution in [0.5, 0.6) is 5.75 Å². The number of hydrogen-bond acceptors (Lipinski definition) is 6. The van der Waals surface area contributed by atoms with E-state index in [0.29, 0.717) is 11.8 Å². The maximum atomic E-state index is 14.0. The van der Waals surface area contributed by atoms with Gasteiger partial charge in [-0.2, -0.15) is 25.6 Å². The minimum Gasteiger partial charge on any atom is -0.383 e. The summed E-state index contributed by atoms with van der Waals surface area (Å²) in [4.78, 5) is 0. The lowest BCUT2D eigenvalue weighted by Gasteiger charge is -2.23. The average molecular weight is 380 g/mol. The highest BCUT2D eigenvalue weighted by Gasteiger charge is 2.41. The van der Waals surface area contributed by atoms with E-state index in [1.165, 1.54) is 30.3 Å². The fourth-order valence-electron chi connectivity index (χ4n) is 2.03. The quantitative estimate of drug-likeness (QED) is 0.729. The van der Waals surface area contributed by atoms with Crippen molar-refractivity contribution in [2.75, 3.05) is 12.5 Å². The van der Waals surface area contributed by atoms with Crippen LogP contribution >= 0.6 is 0 Å². The first-order valence-electron chi connectivity index (χ1n) is 6.54. The molecule has 1 aromatic rings. The van der Waals surface area contributed by atoms with Gasteiger partial charge in [0.25, 0.3) is 0 Å². The van der Waals surface area contributed by atoms with Gasteiger partial charge < -0.3 is 8.37 Å². The Kier molecular flexibility index (Phi) is 4.73. The second-order valence-corrected chi connectivity index (χ2v) is 8.35. The summed E-state index contributed by atoms with van der Waals surface area (Å²) in [5, 5.41) is 0. The number of hydrogen-bond donors (Lipinski definition) is 0. The van der Waals surface area contributed by atoms with Gasteiger partial charge in [-0.15, -0.1) is 0 Å². The molecule has 0 radical (unpaired) electrons. The van der Waals surface area contributed by atoms with Crippen LogP contribution in [-0.2, 0) is 24.4 Å². The molecule has 1 aliphatic carbocycles. The third-order valence-electron chi connectivity index (χ3n) is 2.92. The van der Waals surface area contributed by atoms with E-state index in [-0.39, 0.29) is 11.3 Å². The Labute approximate surface area is 138 Å². The third kappa shape index (κ3) is 5.03. The summed E-state index contributed by atoms with van der Waals surface area (Å²) in [5.41, 5.74) is 0.664. The molecule has 0 amide bonds. The van der Waals surface area contributed by atoms with Crippen molar-refractivity contribution in [2.45, 2.75) is 12.3 Å². The third-order valence-corrected chi connectivity index (χ3v) is 3.90. The highest BCUT2D eigenvalue weighted by Crippen LogP contribution is 2.39. The van der Waals surface area contributed by atoms with Crippen molar-refractivity contribution in [3.63, 3.8) is 0 Å². The molecular formula is C14H14F2O6S2. The number of alkyl halides is 2. The van der Waals surface area contributed by atoms with Crippen molar-refractivity contribution in [3.05, 3.63) is 47.7 Å². The summed E-state index contributed by atoms with van der Waals surface area (Å²) in [5.74, 6) is -4.36. The molecule has 1 aliphatic rings. The van der Waals surface area contributed by atoms with Gasteiger partial charge in [0, 0.05) is 6.42 Å². The van der Waals surface area contributed by atoms with E-state index < -0.39 is 38.3 Å². The van der Waals surface area contributed by atoms with Crippen LogP contribution in [0, 0.1) is 0 Å². The minimum atomic E-state index is -4.05. The molecule has 0 spiro atoms. The number of benzene rings is 1. The van der Waals surface area contributed by atoms with Crippen LogP contribution in [0.25, 0.3) is 5.57 Å². The Bertz CT molecular complexity index is 897. The van der Waals surface area contributed by atoms with Crippen molar-refractivity contribution in [3.8, 4) is 5.75 Å². The van der Waals surface area contributed by atoms with Crippen LogP contribution < -0.4 is 4.18 Å². The zero-order valence-electron chi connectivity index (χ0n) is 12.7. The Morgan fingerprint density at radius 2 is 1.46 bits per heavy atom. The van der Waals surface area contributed by atoms with Crippen molar-refractivity contribution in [1.82, 2.24) is 0 Å². The first kappa shape index (κ1) is 18.4. The normalized spacial score (nSPS) is 17.7. The maximum absolute atomic E-state index is 14.0. The number of allylic oxidation sites excluding steroid dienone is 4. The van der Waals surface area contributed by atoms with Gasteiger partial charge in [0.15, 0.2) is 5.76 Å². The van der Waals surface area contributed by atoms with Crippen LogP contribution in [0.15, 0.2) is 42.2 Å². The molecule has 132 valence electrons. The Morgan fingerprint density at radius 1 is 0.917 bits per heavy atom. The molecular weight excluding hydrogens is 366 g/mol. The van der Waals surface area contributed by atoms with Gasteiger partial charge in [-0.1, -0.05) is 18.2 Å². The fourth-order valence-corrected chi connectivity index (χ4v) is 3.00. The van der Waals surface area contributed by atoms with Gasteiger partial charge in [0.2, 0.25) is 0 Å². The molecule has 0 aromatic heterocycles. The van der Waals surface area contributed by atoms with Crippen LogP contribution in [0.1, 0.15) is 12.0 Å². The molecule has 0 atom stereocenters. The topological polar surface area (TPSA) is 86.7 Å². The molecule has 24 heavy (non-hydrogen) atoms. The second-order valence-electron chi connectivity index (χ2n) is 5.20. The molecule has 6 nitrogen and oxygen atoms in total. The molecule has 1 aromatic carbocycles. The van der Waals surface area contributed by atoms with Crippen LogP contribution in [0.3, 0.4) is 0 Å². The Morgan fingerprint density at radius 3 is 1.92 bits per heavy atom. The highest BCUT2D eigenvalue weighted by atomic mass is 32.2. The first-order valence-corrected chi connectivity index (χ1v) is 10.2. The standard InChI is InChI=1S/C14H14F2O6S2/c1-23(17,18)21-12-6-3-10(4-7-12)11-5-8-13(14(15,16)9-11)22-24(2,19)20/h3-8H,9H2,1-2H3. The van der Waals surface area contributed by atoms with E-state index in [0.717, 1.165) is 12.3 Å². The van der Waals surface area contributed by atoms with Crippen LogP contribution in [0.2, 0.25) is 0 Å². The molecule has 0 fully saturated rings. The summed E-state index contributed by atoms with van der Waals surface area (Å²) >= 11 is 0. The molecule has 0 heterocycles. The largest absolute Gasteiger partial charge is 0.383 e. The zero-order chi connectivity index (χ0) is 18.2. The molecule has 0 N–H and O–H groups in total. The van der Waals surface area contributed by atoms with E-state index >= 15 is 0 Å². The second kappa shape index (κ2) is 6.17. The molecule has 10 heteroatoms. The van der Waals surface area contributed by atoms with Gasteiger partial charge >= 0.3 is 26.2 Å².